The van der Waals surface area contributed by atoms with Crippen LogP contribution in [0.15, 0.2) is 24.3 Å². The van der Waals surface area contributed by atoms with Crippen molar-refractivity contribution in [2.24, 2.45) is 0 Å². The fraction of sp³-hybridized carbons (Fsp3) is 0.562. The predicted octanol–water partition coefficient (Wildman–Crippen LogP) is 3.05. The molecule has 1 aromatic carbocycles. The Morgan fingerprint density at radius 2 is 1.80 bits per heavy atom. The van der Waals surface area contributed by atoms with Gasteiger partial charge >= 0.3 is 5.97 Å². The lowest BCUT2D eigenvalue weighted by atomic mass is 9.83. The minimum atomic E-state index is -0.828. The zero-order chi connectivity index (χ0) is 14.4. The number of aromatic carboxylic acids is 1. The molecule has 0 aliphatic heterocycles. The van der Waals surface area contributed by atoms with Gasteiger partial charge in [-0.15, -0.1) is 0 Å². The van der Waals surface area contributed by atoms with Gasteiger partial charge < -0.3 is 5.11 Å². The Hall–Kier alpha value is -0.876. The summed E-state index contributed by atoms with van der Waals surface area (Å²) < 4.78 is 0. The van der Waals surface area contributed by atoms with Crippen molar-refractivity contribution >= 4 is 25.0 Å². The van der Waals surface area contributed by atoms with Crippen LogP contribution in [0.3, 0.4) is 0 Å². The Kier molecular flexibility index (Phi) is 6.04. The molecule has 1 aliphatic carbocycles. The Bertz CT molecular complexity index is 423. The lowest BCUT2D eigenvalue weighted by molar-refractivity contribution is 0.0697. The van der Waals surface area contributed by atoms with Crippen LogP contribution in [0.2, 0.25) is 24.2 Å². The summed E-state index contributed by atoms with van der Waals surface area (Å²) in [6, 6.07) is 10.7. The monoisotopic (exact) mass is 306 g/mol. The molecule has 4 heteroatoms. The number of benzene rings is 1. The maximum absolute atomic E-state index is 10.9. The second-order valence-corrected chi connectivity index (χ2v) is 10.3. The minimum absolute atomic E-state index is 0.192. The number of rotatable bonds is 6. The van der Waals surface area contributed by atoms with Gasteiger partial charge in [0.05, 0.1) is 5.56 Å². The number of carboxylic acids is 1. The zero-order valence-electron chi connectivity index (χ0n) is 12.5. The maximum atomic E-state index is 10.9. The van der Waals surface area contributed by atoms with Crippen LogP contribution in [0.25, 0.3) is 0 Å². The van der Waals surface area contributed by atoms with Crippen LogP contribution in [0, 0.1) is 0 Å². The topological polar surface area (TPSA) is 37.3 Å². The molecular weight excluding hydrogens is 280 g/mol. The molecule has 1 fully saturated rings. The Morgan fingerprint density at radius 3 is 2.35 bits per heavy atom. The van der Waals surface area contributed by atoms with Gasteiger partial charge in [-0.05, 0) is 36.5 Å². The van der Waals surface area contributed by atoms with Crippen LogP contribution < -0.4 is 0 Å². The molecule has 0 atom stereocenters. The van der Waals surface area contributed by atoms with Gasteiger partial charge in [-0.25, -0.2) is 4.79 Å². The molecule has 1 aliphatic rings. The quantitative estimate of drug-likeness (QED) is 0.648. The van der Waals surface area contributed by atoms with Crippen LogP contribution in [0.5, 0.6) is 0 Å². The van der Waals surface area contributed by atoms with E-state index in [0.717, 1.165) is 5.54 Å². The number of carbonyl (C=O) groups is 1. The minimum Gasteiger partial charge on any atom is -0.478 e. The third kappa shape index (κ3) is 4.31. The van der Waals surface area contributed by atoms with E-state index in [-0.39, 0.29) is 9.52 Å². The van der Waals surface area contributed by atoms with Crippen molar-refractivity contribution in [3.63, 3.8) is 0 Å². The van der Waals surface area contributed by atoms with Crippen molar-refractivity contribution in [2.75, 3.05) is 0 Å². The highest BCUT2D eigenvalue weighted by molar-refractivity contribution is 6.42. The molecular formula is C16H26O2Si2. The van der Waals surface area contributed by atoms with Gasteiger partial charge in [-0.3, -0.25) is 0 Å². The summed E-state index contributed by atoms with van der Waals surface area (Å²) >= 11 is 0. The lowest BCUT2D eigenvalue weighted by Gasteiger charge is -2.28. The number of hydrogen-bond donors (Lipinski definition) is 1. The first-order chi connectivity index (χ1) is 9.70. The van der Waals surface area contributed by atoms with Crippen LogP contribution in [0.4, 0.5) is 0 Å². The SMILES string of the molecule is C[SiH2]CC[SiH2]C1CCC(c2ccc(C(=O)O)cc2)CC1. The fourth-order valence-electron chi connectivity index (χ4n) is 3.37. The van der Waals surface area contributed by atoms with Gasteiger partial charge in [0.2, 0.25) is 0 Å². The molecule has 0 aromatic heterocycles. The van der Waals surface area contributed by atoms with Crippen LogP contribution in [-0.4, -0.2) is 30.1 Å². The van der Waals surface area contributed by atoms with E-state index in [1.54, 1.807) is 24.2 Å². The van der Waals surface area contributed by atoms with E-state index < -0.39 is 5.97 Å². The van der Waals surface area contributed by atoms with E-state index in [4.69, 9.17) is 5.11 Å². The van der Waals surface area contributed by atoms with Crippen molar-refractivity contribution < 1.29 is 9.90 Å². The summed E-state index contributed by atoms with van der Waals surface area (Å²) in [5, 5.41) is 8.93. The van der Waals surface area contributed by atoms with Crippen molar-refractivity contribution in [1.82, 2.24) is 0 Å². The van der Waals surface area contributed by atoms with Crippen molar-refractivity contribution in [3.8, 4) is 0 Å². The Labute approximate surface area is 126 Å². The molecule has 0 spiro atoms. The first-order valence-electron chi connectivity index (χ1n) is 8.04. The molecule has 20 heavy (non-hydrogen) atoms. The molecule has 0 radical (unpaired) electrons. The summed E-state index contributed by atoms with van der Waals surface area (Å²) in [6.07, 6.45) is 5.47. The van der Waals surface area contributed by atoms with Gasteiger partial charge in [0.1, 0.15) is 0 Å². The normalized spacial score (nSPS) is 23.9. The standard InChI is InChI=1S/C16H26O2Si2/c1-19-10-11-20-15-8-6-13(7-9-15)12-2-4-14(5-3-12)16(17)18/h2-5,13,15H,6-11,19-20H2,1H3,(H,17,18). The van der Waals surface area contributed by atoms with Gasteiger partial charge in [0.25, 0.3) is 0 Å². The molecule has 110 valence electrons. The molecule has 0 bridgehead atoms. The predicted molar refractivity (Wildman–Crippen MR) is 90.9 cm³/mol. The highest BCUT2D eigenvalue weighted by Crippen LogP contribution is 2.38. The van der Waals surface area contributed by atoms with Crippen LogP contribution >= 0.6 is 0 Å². The van der Waals surface area contributed by atoms with E-state index in [9.17, 15) is 4.79 Å². The first kappa shape index (κ1) is 15.5. The van der Waals surface area contributed by atoms with E-state index in [1.165, 1.54) is 31.2 Å². The number of carboxylic acid groups (broad SMARTS) is 1. The van der Waals surface area contributed by atoms with Crippen molar-refractivity contribution in [3.05, 3.63) is 35.4 Å². The fourth-order valence-corrected chi connectivity index (χ4v) is 8.15. The molecule has 1 saturated carbocycles. The highest BCUT2D eigenvalue weighted by Gasteiger charge is 2.22. The maximum Gasteiger partial charge on any atom is 0.335 e. The average Bonchev–Trinajstić information content (AvgIpc) is 2.48. The second-order valence-electron chi connectivity index (χ2n) is 6.14. The largest absolute Gasteiger partial charge is 0.478 e. The second kappa shape index (κ2) is 7.79. The molecule has 0 saturated heterocycles. The third-order valence-corrected chi connectivity index (χ3v) is 9.44. The van der Waals surface area contributed by atoms with Crippen molar-refractivity contribution in [1.29, 1.82) is 0 Å². The van der Waals surface area contributed by atoms with Crippen molar-refractivity contribution in [2.45, 2.75) is 55.8 Å². The molecule has 0 unspecified atom stereocenters. The molecule has 0 heterocycles. The molecule has 0 amide bonds. The highest BCUT2D eigenvalue weighted by atomic mass is 28.2. The van der Waals surface area contributed by atoms with E-state index >= 15 is 0 Å². The van der Waals surface area contributed by atoms with Gasteiger partial charge in [-0.1, -0.05) is 49.2 Å². The summed E-state index contributed by atoms with van der Waals surface area (Å²) in [5.41, 5.74) is 2.83. The van der Waals surface area contributed by atoms with Gasteiger partial charge in [0.15, 0.2) is 0 Å². The molecule has 2 nitrogen and oxygen atoms in total. The van der Waals surface area contributed by atoms with Gasteiger partial charge in [-0.2, -0.15) is 0 Å². The first-order valence-corrected chi connectivity index (χ1v) is 12.3. The summed E-state index contributed by atoms with van der Waals surface area (Å²) in [4.78, 5) is 10.9. The number of hydrogen-bond acceptors (Lipinski definition) is 1. The van der Waals surface area contributed by atoms with E-state index in [1.807, 2.05) is 12.1 Å². The Morgan fingerprint density at radius 1 is 1.15 bits per heavy atom. The average molecular weight is 307 g/mol. The van der Waals surface area contributed by atoms with E-state index in [0.29, 0.717) is 21.0 Å². The van der Waals surface area contributed by atoms with Crippen LogP contribution in [0.1, 0.15) is 47.5 Å². The molecule has 2 rings (SSSR count). The Balaban J connectivity index is 1.82. The lowest BCUT2D eigenvalue weighted by Crippen LogP contribution is -2.14. The summed E-state index contributed by atoms with van der Waals surface area (Å²) in [7, 11) is 0.483. The van der Waals surface area contributed by atoms with Crippen LogP contribution in [-0.2, 0) is 0 Å². The van der Waals surface area contributed by atoms with Gasteiger partial charge in [0, 0.05) is 19.0 Å². The zero-order valence-corrected chi connectivity index (χ0v) is 15.3. The summed E-state index contributed by atoms with van der Waals surface area (Å²) in [5.74, 6) is -0.158. The third-order valence-electron chi connectivity index (χ3n) is 4.69. The molecule has 1 aromatic rings. The smallest absolute Gasteiger partial charge is 0.335 e. The molecule has 1 N–H and O–H groups in total. The summed E-state index contributed by atoms with van der Waals surface area (Å²) in [6.45, 7) is 2.42. The van der Waals surface area contributed by atoms with E-state index in [2.05, 4.69) is 6.55 Å².